The van der Waals surface area contributed by atoms with Crippen LogP contribution in [0.4, 0.5) is 5.69 Å². The van der Waals surface area contributed by atoms with Crippen LogP contribution in [0.15, 0.2) is 41.1 Å². The molecule has 0 unspecified atom stereocenters. The Hall–Kier alpha value is -1.82. The Morgan fingerprint density at radius 3 is 2.89 bits per heavy atom. The number of hydrogen-bond donors (Lipinski definition) is 2. The molecule has 6 heteroatoms. The molecule has 0 atom stereocenters. The van der Waals surface area contributed by atoms with Gasteiger partial charge in [-0.25, -0.2) is 0 Å². The van der Waals surface area contributed by atoms with Crippen molar-refractivity contribution in [2.75, 3.05) is 12.3 Å². The van der Waals surface area contributed by atoms with Gasteiger partial charge in [-0.3, -0.25) is 9.48 Å². The minimum atomic E-state index is -0.109. The Labute approximate surface area is 113 Å². The molecule has 0 saturated carbocycles. The molecule has 18 heavy (non-hydrogen) atoms. The van der Waals surface area contributed by atoms with E-state index >= 15 is 0 Å². The quantitative estimate of drug-likeness (QED) is 0.902. The van der Waals surface area contributed by atoms with Crippen LogP contribution in [0.5, 0.6) is 0 Å². The van der Waals surface area contributed by atoms with Crippen LogP contribution >= 0.6 is 15.9 Å². The van der Waals surface area contributed by atoms with E-state index in [-0.39, 0.29) is 5.91 Å². The van der Waals surface area contributed by atoms with Gasteiger partial charge >= 0.3 is 0 Å². The molecule has 5 nitrogen and oxygen atoms in total. The summed E-state index contributed by atoms with van der Waals surface area (Å²) in [6.45, 7) is 1.09. The van der Waals surface area contributed by atoms with Crippen molar-refractivity contribution in [1.29, 1.82) is 0 Å². The second kappa shape index (κ2) is 5.68. The minimum absolute atomic E-state index is 0.109. The van der Waals surface area contributed by atoms with Crippen LogP contribution in [0.3, 0.4) is 0 Å². The number of nitrogens with two attached hydrogens (primary N) is 1. The van der Waals surface area contributed by atoms with Crippen molar-refractivity contribution in [3.63, 3.8) is 0 Å². The summed E-state index contributed by atoms with van der Waals surface area (Å²) in [6, 6.07) is 7.30. The van der Waals surface area contributed by atoms with Gasteiger partial charge in [0.2, 0.25) is 0 Å². The molecule has 0 saturated heterocycles. The standard InChI is InChI=1S/C12H13BrN4O/c13-11-4-2-1-3-10(11)12(18)15-5-6-17-8-9(14)7-16-17/h1-4,7-8H,5-6,14H2,(H,15,18). The van der Waals surface area contributed by atoms with Crippen molar-refractivity contribution in [3.05, 3.63) is 46.7 Å². The van der Waals surface area contributed by atoms with Crippen LogP contribution in [0.2, 0.25) is 0 Å². The van der Waals surface area contributed by atoms with Crippen LogP contribution in [0, 0.1) is 0 Å². The second-order valence-electron chi connectivity index (χ2n) is 3.77. The normalized spacial score (nSPS) is 10.3. The number of nitrogen functional groups attached to an aromatic ring is 1. The number of halogens is 1. The van der Waals surface area contributed by atoms with E-state index in [9.17, 15) is 4.79 Å². The lowest BCUT2D eigenvalue weighted by Crippen LogP contribution is -2.27. The van der Waals surface area contributed by atoms with Gasteiger partial charge in [-0.1, -0.05) is 12.1 Å². The Kier molecular flexibility index (Phi) is 3.99. The third-order valence-corrected chi connectivity index (χ3v) is 3.09. The summed E-state index contributed by atoms with van der Waals surface area (Å²) in [4.78, 5) is 11.9. The van der Waals surface area contributed by atoms with Gasteiger partial charge in [0.1, 0.15) is 0 Å². The summed E-state index contributed by atoms with van der Waals surface area (Å²) in [5, 5.41) is 6.86. The number of aromatic nitrogens is 2. The number of rotatable bonds is 4. The molecule has 3 N–H and O–H groups in total. The first kappa shape index (κ1) is 12.6. The molecule has 1 amide bonds. The predicted octanol–water partition coefficient (Wildman–Crippen LogP) is 1.66. The van der Waals surface area contributed by atoms with Crippen molar-refractivity contribution >= 4 is 27.5 Å². The molecule has 1 heterocycles. The number of carbonyl (C=O) groups is 1. The third kappa shape index (κ3) is 3.10. The predicted molar refractivity (Wildman–Crippen MR) is 73.1 cm³/mol. The average Bonchev–Trinajstić information content (AvgIpc) is 2.75. The van der Waals surface area contributed by atoms with Crippen molar-refractivity contribution in [2.24, 2.45) is 0 Å². The molecular weight excluding hydrogens is 296 g/mol. The van der Waals surface area contributed by atoms with E-state index in [1.165, 1.54) is 0 Å². The summed E-state index contributed by atoms with van der Waals surface area (Å²) >= 11 is 3.34. The Morgan fingerprint density at radius 1 is 1.44 bits per heavy atom. The smallest absolute Gasteiger partial charge is 0.252 e. The van der Waals surface area contributed by atoms with Gasteiger partial charge in [0.05, 0.1) is 24.0 Å². The molecule has 0 radical (unpaired) electrons. The van der Waals surface area contributed by atoms with Crippen LogP contribution in [0.1, 0.15) is 10.4 Å². The summed E-state index contributed by atoms with van der Waals surface area (Å²) in [5.41, 5.74) is 6.78. The first-order chi connectivity index (χ1) is 8.66. The highest BCUT2D eigenvalue weighted by Crippen LogP contribution is 2.15. The van der Waals surface area contributed by atoms with Gasteiger partial charge in [0.15, 0.2) is 0 Å². The van der Waals surface area contributed by atoms with Crippen molar-refractivity contribution in [3.8, 4) is 0 Å². The molecule has 2 aromatic rings. The van der Waals surface area contributed by atoms with E-state index in [0.29, 0.717) is 24.3 Å². The summed E-state index contributed by atoms with van der Waals surface area (Å²) in [6.07, 6.45) is 3.31. The maximum absolute atomic E-state index is 11.9. The van der Waals surface area contributed by atoms with Gasteiger partial charge in [0.25, 0.3) is 5.91 Å². The van der Waals surface area contributed by atoms with E-state index < -0.39 is 0 Å². The lowest BCUT2D eigenvalue weighted by Gasteiger charge is -2.06. The second-order valence-corrected chi connectivity index (χ2v) is 4.63. The highest BCUT2D eigenvalue weighted by Gasteiger charge is 2.08. The first-order valence-electron chi connectivity index (χ1n) is 5.47. The van der Waals surface area contributed by atoms with E-state index in [4.69, 9.17) is 5.73 Å². The lowest BCUT2D eigenvalue weighted by atomic mass is 10.2. The number of nitrogens with one attached hydrogen (secondary N) is 1. The Bertz CT molecular complexity index is 553. The molecular formula is C12H13BrN4O. The first-order valence-corrected chi connectivity index (χ1v) is 6.27. The molecule has 0 aliphatic rings. The Balaban J connectivity index is 1.87. The van der Waals surface area contributed by atoms with Crippen molar-refractivity contribution < 1.29 is 4.79 Å². The van der Waals surface area contributed by atoms with E-state index in [1.54, 1.807) is 23.1 Å². The molecule has 0 aliphatic carbocycles. The van der Waals surface area contributed by atoms with Gasteiger partial charge < -0.3 is 11.1 Å². The fraction of sp³-hybridized carbons (Fsp3) is 0.167. The van der Waals surface area contributed by atoms with E-state index in [1.807, 2.05) is 18.2 Å². The fourth-order valence-corrected chi connectivity index (χ4v) is 1.99. The van der Waals surface area contributed by atoms with E-state index in [2.05, 4.69) is 26.3 Å². The maximum Gasteiger partial charge on any atom is 0.252 e. The third-order valence-electron chi connectivity index (χ3n) is 2.40. The monoisotopic (exact) mass is 308 g/mol. The van der Waals surface area contributed by atoms with Crippen LogP contribution in [-0.2, 0) is 6.54 Å². The SMILES string of the molecule is Nc1cnn(CCNC(=O)c2ccccc2Br)c1. The largest absolute Gasteiger partial charge is 0.396 e. The lowest BCUT2D eigenvalue weighted by molar-refractivity contribution is 0.0951. The van der Waals surface area contributed by atoms with Crippen LogP contribution in [0.25, 0.3) is 0 Å². The van der Waals surface area contributed by atoms with Crippen LogP contribution < -0.4 is 11.1 Å². The zero-order chi connectivity index (χ0) is 13.0. The average molecular weight is 309 g/mol. The Morgan fingerprint density at radius 2 is 2.22 bits per heavy atom. The molecule has 0 aliphatic heterocycles. The van der Waals surface area contributed by atoms with Crippen molar-refractivity contribution in [2.45, 2.75) is 6.54 Å². The molecule has 1 aromatic heterocycles. The maximum atomic E-state index is 11.9. The minimum Gasteiger partial charge on any atom is -0.396 e. The van der Waals surface area contributed by atoms with Crippen LogP contribution in [-0.4, -0.2) is 22.2 Å². The van der Waals surface area contributed by atoms with Gasteiger partial charge in [0, 0.05) is 17.2 Å². The topological polar surface area (TPSA) is 72.9 Å². The van der Waals surface area contributed by atoms with Gasteiger partial charge in [-0.2, -0.15) is 5.10 Å². The fourth-order valence-electron chi connectivity index (χ4n) is 1.53. The summed E-state index contributed by atoms with van der Waals surface area (Å²) in [5.74, 6) is -0.109. The number of amides is 1. The van der Waals surface area contributed by atoms with Gasteiger partial charge in [-0.05, 0) is 28.1 Å². The zero-order valence-corrected chi connectivity index (χ0v) is 11.2. The number of anilines is 1. The number of hydrogen-bond acceptors (Lipinski definition) is 3. The van der Waals surface area contributed by atoms with Gasteiger partial charge in [-0.15, -0.1) is 0 Å². The number of carbonyl (C=O) groups excluding carboxylic acids is 1. The molecule has 0 bridgehead atoms. The zero-order valence-electron chi connectivity index (χ0n) is 9.64. The molecule has 0 fully saturated rings. The molecule has 1 aromatic carbocycles. The van der Waals surface area contributed by atoms with E-state index in [0.717, 1.165) is 4.47 Å². The molecule has 94 valence electrons. The summed E-state index contributed by atoms with van der Waals surface area (Å²) in [7, 11) is 0. The summed E-state index contributed by atoms with van der Waals surface area (Å²) < 4.78 is 2.47. The molecule has 0 spiro atoms. The number of benzene rings is 1. The number of nitrogens with zero attached hydrogens (tertiary/aromatic N) is 2. The highest BCUT2D eigenvalue weighted by molar-refractivity contribution is 9.10. The molecule has 2 rings (SSSR count). The highest BCUT2D eigenvalue weighted by atomic mass is 79.9. The van der Waals surface area contributed by atoms with Crippen molar-refractivity contribution in [1.82, 2.24) is 15.1 Å².